The maximum absolute atomic E-state index is 11.9. The summed E-state index contributed by atoms with van der Waals surface area (Å²) in [4.78, 5) is 23.8. The highest BCUT2D eigenvalue weighted by Gasteiger charge is 2.40. The lowest BCUT2D eigenvalue weighted by Crippen LogP contribution is -2.37. The van der Waals surface area contributed by atoms with Crippen molar-refractivity contribution in [3.8, 4) is 0 Å². The van der Waals surface area contributed by atoms with E-state index in [1.165, 1.54) is 12.2 Å². The molecule has 0 rings (SSSR count). The van der Waals surface area contributed by atoms with Crippen LogP contribution in [0.25, 0.3) is 0 Å². The van der Waals surface area contributed by atoms with Crippen molar-refractivity contribution in [2.45, 2.75) is 34.1 Å². The average molecular weight is 268 g/mol. The minimum Gasteiger partial charge on any atom is -0.461 e. The lowest BCUT2D eigenvalue weighted by atomic mass is 9.75. The first kappa shape index (κ1) is 17.4. The predicted octanol–water partition coefficient (Wildman–Crippen LogP) is 2.89. The van der Waals surface area contributed by atoms with Crippen molar-refractivity contribution in [3.63, 3.8) is 0 Å². The van der Waals surface area contributed by atoms with Gasteiger partial charge in [0.2, 0.25) is 0 Å². The van der Waals surface area contributed by atoms with Crippen molar-refractivity contribution in [2.24, 2.45) is 10.8 Å². The van der Waals surface area contributed by atoms with Gasteiger partial charge in [-0.1, -0.05) is 25.3 Å². The fraction of sp³-hybridized carbons (Fsp3) is 0.600. The Hall–Kier alpha value is -1.58. The van der Waals surface area contributed by atoms with Crippen LogP contribution >= 0.6 is 0 Å². The number of esters is 2. The molecular formula is C15H24O4. The predicted molar refractivity (Wildman–Crippen MR) is 74.5 cm³/mol. The van der Waals surface area contributed by atoms with Gasteiger partial charge in [0.15, 0.2) is 0 Å². The van der Waals surface area contributed by atoms with Crippen LogP contribution in [0.2, 0.25) is 0 Å². The standard InChI is InChI=1S/C15H24O4/c1-7-9-18-12(16)14(3,4)11-15(5,6)13(17)19-10-8-2/h7-8H,1-2,9-11H2,3-6H3. The molecule has 0 saturated heterocycles. The van der Waals surface area contributed by atoms with Gasteiger partial charge in [-0.15, -0.1) is 0 Å². The third-order valence-electron chi connectivity index (χ3n) is 2.65. The summed E-state index contributed by atoms with van der Waals surface area (Å²) in [5, 5.41) is 0. The van der Waals surface area contributed by atoms with Gasteiger partial charge in [-0.05, 0) is 34.1 Å². The van der Waals surface area contributed by atoms with Gasteiger partial charge < -0.3 is 9.47 Å². The van der Waals surface area contributed by atoms with Crippen LogP contribution in [0, 0.1) is 10.8 Å². The van der Waals surface area contributed by atoms with Gasteiger partial charge in [-0.2, -0.15) is 0 Å². The van der Waals surface area contributed by atoms with E-state index in [1.54, 1.807) is 27.7 Å². The van der Waals surface area contributed by atoms with Crippen molar-refractivity contribution < 1.29 is 19.1 Å². The summed E-state index contributed by atoms with van der Waals surface area (Å²) in [6, 6.07) is 0. The number of carbonyl (C=O) groups is 2. The molecule has 0 aromatic carbocycles. The van der Waals surface area contributed by atoms with Crippen LogP contribution in [0.5, 0.6) is 0 Å². The summed E-state index contributed by atoms with van der Waals surface area (Å²) in [6.45, 7) is 14.3. The summed E-state index contributed by atoms with van der Waals surface area (Å²) in [6.07, 6.45) is 3.36. The lowest BCUT2D eigenvalue weighted by Gasteiger charge is -2.31. The van der Waals surface area contributed by atoms with E-state index in [1.807, 2.05) is 0 Å². The normalized spacial score (nSPS) is 11.6. The Morgan fingerprint density at radius 1 is 0.895 bits per heavy atom. The molecule has 0 atom stereocenters. The van der Waals surface area contributed by atoms with Crippen molar-refractivity contribution in [3.05, 3.63) is 25.3 Å². The first-order valence-corrected chi connectivity index (χ1v) is 6.23. The van der Waals surface area contributed by atoms with Gasteiger partial charge in [-0.3, -0.25) is 9.59 Å². The zero-order valence-electron chi connectivity index (χ0n) is 12.3. The minimum absolute atomic E-state index is 0.170. The lowest BCUT2D eigenvalue weighted by molar-refractivity contribution is -0.160. The molecule has 4 heteroatoms. The third kappa shape index (κ3) is 5.73. The van der Waals surface area contributed by atoms with Crippen molar-refractivity contribution in [1.29, 1.82) is 0 Å². The number of rotatable bonds is 8. The monoisotopic (exact) mass is 268 g/mol. The van der Waals surface area contributed by atoms with Gasteiger partial charge in [0.25, 0.3) is 0 Å². The van der Waals surface area contributed by atoms with E-state index >= 15 is 0 Å². The van der Waals surface area contributed by atoms with Crippen LogP contribution < -0.4 is 0 Å². The molecule has 0 heterocycles. The van der Waals surface area contributed by atoms with Crippen LogP contribution in [-0.2, 0) is 19.1 Å². The molecule has 4 nitrogen and oxygen atoms in total. The molecule has 0 saturated carbocycles. The molecule has 0 aliphatic rings. The zero-order valence-corrected chi connectivity index (χ0v) is 12.3. The second-order valence-corrected chi connectivity index (χ2v) is 5.72. The molecule has 0 aromatic heterocycles. The third-order valence-corrected chi connectivity index (χ3v) is 2.65. The molecule has 0 aromatic rings. The van der Waals surface area contributed by atoms with Crippen molar-refractivity contribution in [2.75, 3.05) is 13.2 Å². The average Bonchev–Trinajstić information content (AvgIpc) is 2.31. The SMILES string of the molecule is C=CCOC(=O)C(C)(C)CC(C)(C)C(=O)OCC=C. The molecule has 19 heavy (non-hydrogen) atoms. The molecular weight excluding hydrogens is 244 g/mol. The molecule has 0 amide bonds. The molecule has 0 spiro atoms. The van der Waals surface area contributed by atoms with Crippen LogP contribution in [0.1, 0.15) is 34.1 Å². The molecule has 0 radical (unpaired) electrons. The maximum atomic E-state index is 11.9. The second-order valence-electron chi connectivity index (χ2n) is 5.72. The van der Waals surface area contributed by atoms with Crippen molar-refractivity contribution in [1.82, 2.24) is 0 Å². The van der Waals surface area contributed by atoms with E-state index in [0.29, 0.717) is 6.42 Å². The molecule has 0 aliphatic heterocycles. The van der Waals surface area contributed by atoms with Gasteiger partial charge in [0.05, 0.1) is 10.8 Å². The largest absolute Gasteiger partial charge is 0.461 e. The van der Waals surface area contributed by atoms with Crippen LogP contribution in [0.3, 0.4) is 0 Å². The summed E-state index contributed by atoms with van der Waals surface area (Å²) in [5.41, 5.74) is -1.53. The molecule has 0 fully saturated rings. The Morgan fingerprint density at radius 3 is 1.47 bits per heavy atom. The molecule has 0 N–H and O–H groups in total. The molecule has 0 aliphatic carbocycles. The Labute approximate surface area is 115 Å². The molecule has 0 bridgehead atoms. The second kappa shape index (κ2) is 7.12. The fourth-order valence-electron chi connectivity index (χ4n) is 1.91. The fourth-order valence-corrected chi connectivity index (χ4v) is 1.91. The topological polar surface area (TPSA) is 52.6 Å². The van der Waals surface area contributed by atoms with E-state index < -0.39 is 10.8 Å². The van der Waals surface area contributed by atoms with Crippen LogP contribution in [-0.4, -0.2) is 25.2 Å². The Kier molecular flexibility index (Phi) is 6.53. The molecule has 0 unspecified atom stereocenters. The molecule has 108 valence electrons. The number of ether oxygens (including phenoxy) is 2. The minimum atomic E-state index is -0.764. The van der Waals surface area contributed by atoms with Gasteiger partial charge in [0.1, 0.15) is 13.2 Å². The highest BCUT2D eigenvalue weighted by Crippen LogP contribution is 2.35. The maximum Gasteiger partial charge on any atom is 0.311 e. The first-order chi connectivity index (χ1) is 8.67. The number of hydrogen-bond acceptors (Lipinski definition) is 4. The van der Waals surface area contributed by atoms with E-state index in [9.17, 15) is 9.59 Å². The Bertz CT molecular complexity index is 319. The quantitative estimate of drug-likeness (QED) is 0.502. The smallest absolute Gasteiger partial charge is 0.311 e. The zero-order chi connectivity index (χ0) is 15.1. The summed E-state index contributed by atoms with van der Waals surface area (Å²) in [7, 11) is 0. The van der Waals surface area contributed by atoms with Crippen LogP contribution in [0.4, 0.5) is 0 Å². The summed E-state index contributed by atoms with van der Waals surface area (Å²) in [5.74, 6) is -0.700. The highest BCUT2D eigenvalue weighted by atomic mass is 16.5. The van der Waals surface area contributed by atoms with E-state index in [2.05, 4.69) is 13.2 Å². The summed E-state index contributed by atoms with van der Waals surface area (Å²) >= 11 is 0. The first-order valence-electron chi connectivity index (χ1n) is 6.23. The van der Waals surface area contributed by atoms with Gasteiger partial charge in [-0.25, -0.2) is 0 Å². The Morgan fingerprint density at radius 2 is 1.21 bits per heavy atom. The van der Waals surface area contributed by atoms with Gasteiger partial charge >= 0.3 is 11.9 Å². The Balaban J connectivity index is 4.68. The van der Waals surface area contributed by atoms with Crippen molar-refractivity contribution >= 4 is 11.9 Å². The van der Waals surface area contributed by atoms with E-state index in [4.69, 9.17) is 9.47 Å². The summed E-state index contributed by atoms with van der Waals surface area (Å²) < 4.78 is 10.1. The number of hydrogen-bond donors (Lipinski definition) is 0. The van der Waals surface area contributed by atoms with E-state index in [0.717, 1.165) is 0 Å². The van der Waals surface area contributed by atoms with E-state index in [-0.39, 0.29) is 25.2 Å². The van der Waals surface area contributed by atoms with Gasteiger partial charge in [0, 0.05) is 0 Å². The van der Waals surface area contributed by atoms with Crippen LogP contribution in [0.15, 0.2) is 25.3 Å². The number of carbonyl (C=O) groups excluding carboxylic acids is 2. The highest BCUT2D eigenvalue weighted by molar-refractivity contribution is 5.80.